The van der Waals surface area contributed by atoms with Crippen molar-refractivity contribution in [3.8, 4) is 11.6 Å². The SMILES string of the molecule is NCc1cnc(Oc2cncc(Br)c2)c2ccccc12. The molecule has 2 heterocycles. The molecular formula is C15H12BrN3O. The maximum Gasteiger partial charge on any atom is 0.227 e. The number of pyridine rings is 2. The molecule has 5 heteroatoms. The largest absolute Gasteiger partial charge is 0.437 e. The quantitative estimate of drug-likeness (QED) is 0.796. The van der Waals surface area contributed by atoms with Crippen LogP contribution in [0.15, 0.2) is 53.4 Å². The molecule has 0 amide bonds. The molecule has 100 valence electrons. The van der Waals surface area contributed by atoms with E-state index in [0.29, 0.717) is 18.2 Å². The van der Waals surface area contributed by atoms with Crippen molar-refractivity contribution in [2.45, 2.75) is 6.54 Å². The number of hydrogen-bond donors (Lipinski definition) is 1. The van der Waals surface area contributed by atoms with Crippen LogP contribution in [0.25, 0.3) is 10.8 Å². The van der Waals surface area contributed by atoms with Gasteiger partial charge in [-0.1, -0.05) is 18.2 Å². The zero-order chi connectivity index (χ0) is 13.9. The molecule has 0 saturated carbocycles. The van der Waals surface area contributed by atoms with Gasteiger partial charge in [0.15, 0.2) is 0 Å². The van der Waals surface area contributed by atoms with Crippen molar-refractivity contribution in [3.05, 3.63) is 59.0 Å². The highest BCUT2D eigenvalue weighted by Crippen LogP contribution is 2.30. The highest BCUT2D eigenvalue weighted by Gasteiger charge is 2.08. The van der Waals surface area contributed by atoms with Crippen LogP contribution in [-0.2, 0) is 6.54 Å². The Morgan fingerprint density at radius 2 is 1.90 bits per heavy atom. The van der Waals surface area contributed by atoms with Gasteiger partial charge in [0.25, 0.3) is 0 Å². The average Bonchev–Trinajstić information content (AvgIpc) is 2.48. The first-order valence-corrected chi connectivity index (χ1v) is 6.92. The van der Waals surface area contributed by atoms with Crippen LogP contribution in [0.2, 0.25) is 0 Å². The van der Waals surface area contributed by atoms with Gasteiger partial charge >= 0.3 is 0 Å². The summed E-state index contributed by atoms with van der Waals surface area (Å²) in [6.07, 6.45) is 5.11. The van der Waals surface area contributed by atoms with Gasteiger partial charge < -0.3 is 10.5 Å². The van der Waals surface area contributed by atoms with E-state index in [1.807, 2.05) is 30.3 Å². The summed E-state index contributed by atoms with van der Waals surface area (Å²) < 4.78 is 6.69. The van der Waals surface area contributed by atoms with Gasteiger partial charge in [-0.25, -0.2) is 4.98 Å². The van der Waals surface area contributed by atoms with Crippen molar-refractivity contribution < 1.29 is 4.74 Å². The van der Waals surface area contributed by atoms with Gasteiger partial charge in [0.2, 0.25) is 5.88 Å². The number of halogens is 1. The van der Waals surface area contributed by atoms with Crippen LogP contribution in [0, 0.1) is 0 Å². The number of hydrogen-bond acceptors (Lipinski definition) is 4. The van der Waals surface area contributed by atoms with Crippen LogP contribution in [0.4, 0.5) is 0 Å². The molecule has 2 aromatic heterocycles. The Kier molecular flexibility index (Phi) is 3.62. The van der Waals surface area contributed by atoms with Gasteiger partial charge in [0.1, 0.15) is 5.75 Å². The molecule has 0 aliphatic rings. The third kappa shape index (κ3) is 2.50. The van der Waals surface area contributed by atoms with E-state index in [2.05, 4.69) is 25.9 Å². The summed E-state index contributed by atoms with van der Waals surface area (Å²) in [5, 5.41) is 2.00. The van der Waals surface area contributed by atoms with Crippen LogP contribution in [0.3, 0.4) is 0 Å². The first-order valence-electron chi connectivity index (χ1n) is 6.13. The molecule has 0 aliphatic heterocycles. The minimum absolute atomic E-state index is 0.451. The van der Waals surface area contributed by atoms with E-state index in [1.165, 1.54) is 0 Å². The first kappa shape index (κ1) is 13.0. The predicted octanol–water partition coefficient (Wildman–Crippen LogP) is 3.64. The predicted molar refractivity (Wildman–Crippen MR) is 81.6 cm³/mol. The van der Waals surface area contributed by atoms with E-state index in [4.69, 9.17) is 10.5 Å². The number of ether oxygens (including phenoxy) is 1. The van der Waals surface area contributed by atoms with Crippen molar-refractivity contribution in [2.24, 2.45) is 5.73 Å². The summed E-state index contributed by atoms with van der Waals surface area (Å²) in [6, 6.07) is 9.77. The molecule has 0 bridgehead atoms. The van der Waals surface area contributed by atoms with Crippen LogP contribution < -0.4 is 10.5 Å². The lowest BCUT2D eigenvalue weighted by Crippen LogP contribution is -1.99. The summed E-state index contributed by atoms with van der Waals surface area (Å²) in [6.45, 7) is 0.451. The van der Waals surface area contributed by atoms with Gasteiger partial charge in [-0.15, -0.1) is 0 Å². The maximum absolute atomic E-state index is 5.83. The second-order valence-electron chi connectivity index (χ2n) is 4.28. The number of fused-ring (bicyclic) bond motifs is 1. The monoisotopic (exact) mass is 329 g/mol. The molecule has 3 aromatic rings. The summed E-state index contributed by atoms with van der Waals surface area (Å²) in [5.74, 6) is 1.19. The Morgan fingerprint density at radius 1 is 1.10 bits per heavy atom. The summed E-state index contributed by atoms with van der Waals surface area (Å²) in [7, 11) is 0. The summed E-state index contributed by atoms with van der Waals surface area (Å²) in [5.41, 5.74) is 6.74. The van der Waals surface area contributed by atoms with E-state index in [-0.39, 0.29) is 0 Å². The number of rotatable bonds is 3. The number of aromatic nitrogens is 2. The molecule has 0 unspecified atom stereocenters. The number of nitrogens with two attached hydrogens (primary N) is 1. The van der Waals surface area contributed by atoms with E-state index in [0.717, 1.165) is 20.8 Å². The standard InChI is InChI=1S/C15H12BrN3O/c16-11-5-12(9-18-8-11)20-15-14-4-2-1-3-13(14)10(6-17)7-19-15/h1-5,7-9H,6,17H2. The lowest BCUT2D eigenvalue weighted by Gasteiger charge is -2.10. The second kappa shape index (κ2) is 5.56. The highest BCUT2D eigenvalue weighted by atomic mass is 79.9. The molecule has 0 radical (unpaired) electrons. The van der Waals surface area contributed by atoms with E-state index in [9.17, 15) is 0 Å². The van der Waals surface area contributed by atoms with Crippen LogP contribution in [-0.4, -0.2) is 9.97 Å². The van der Waals surface area contributed by atoms with Crippen LogP contribution in [0.1, 0.15) is 5.56 Å². The Bertz CT molecular complexity index is 761. The van der Waals surface area contributed by atoms with E-state index < -0.39 is 0 Å². The van der Waals surface area contributed by atoms with Gasteiger partial charge in [-0.2, -0.15) is 0 Å². The third-order valence-corrected chi connectivity index (χ3v) is 3.39. The normalized spacial score (nSPS) is 10.7. The van der Waals surface area contributed by atoms with Crippen molar-refractivity contribution in [1.82, 2.24) is 9.97 Å². The minimum atomic E-state index is 0.451. The molecular weight excluding hydrogens is 318 g/mol. The third-order valence-electron chi connectivity index (χ3n) is 2.96. The fraction of sp³-hybridized carbons (Fsp3) is 0.0667. The van der Waals surface area contributed by atoms with Gasteiger partial charge in [0, 0.05) is 28.8 Å². The molecule has 0 saturated heterocycles. The Balaban J connectivity index is 2.08. The lowest BCUT2D eigenvalue weighted by molar-refractivity contribution is 0.466. The minimum Gasteiger partial charge on any atom is -0.437 e. The smallest absolute Gasteiger partial charge is 0.227 e. The zero-order valence-electron chi connectivity index (χ0n) is 10.6. The molecule has 0 spiro atoms. The molecule has 2 N–H and O–H groups in total. The van der Waals surface area contributed by atoms with Gasteiger partial charge in [0.05, 0.1) is 6.20 Å². The second-order valence-corrected chi connectivity index (χ2v) is 5.19. The molecule has 0 aliphatic carbocycles. The van der Waals surface area contributed by atoms with Gasteiger partial charge in [-0.05, 0) is 39.0 Å². The lowest BCUT2D eigenvalue weighted by atomic mass is 10.1. The Morgan fingerprint density at radius 3 is 2.65 bits per heavy atom. The number of benzene rings is 1. The van der Waals surface area contributed by atoms with Crippen molar-refractivity contribution in [2.75, 3.05) is 0 Å². The van der Waals surface area contributed by atoms with Crippen LogP contribution >= 0.6 is 15.9 Å². The van der Waals surface area contributed by atoms with Crippen molar-refractivity contribution in [1.29, 1.82) is 0 Å². The summed E-state index contributed by atoms with van der Waals surface area (Å²) >= 11 is 3.37. The molecule has 20 heavy (non-hydrogen) atoms. The molecule has 1 aromatic carbocycles. The van der Waals surface area contributed by atoms with Crippen LogP contribution in [0.5, 0.6) is 11.6 Å². The first-order chi connectivity index (χ1) is 9.78. The van der Waals surface area contributed by atoms with Crippen molar-refractivity contribution >= 4 is 26.7 Å². The van der Waals surface area contributed by atoms with E-state index >= 15 is 0 Å². The molecule has 4 nitrogen and oxygen atoms in total. The zero-order valence-corrected chi connectivity index (χ0v) is 12.2. The average molecular weight is 330 g/mol. The number of nitrogens with zero attached hydrogens (tertiary/aromatic N) is 2. The Labute approximate surface area is 124 Å². The Hall–Kier alpha value is -1.98. The molecule has 3 rings (SSSR count). The molecule has 0 fully saturated rings. The van der Waals surface area contributed by atoms with Gasteiger partial charge in [-0.3, -0.25) is 4.98 Å². The molecule has 0 atom stereocenters. The maximum atomic E-state index is 5.83. The summed E-state index contributed by atoms with van der Waals surface area (Å²) in [4.78, 5) is 8.43. The topological polar surface area (TPSA) is 61.0 Å². The van der Waals surface area contributed by atoms with E-state index in [1.54, 1.807) is 18.6 Å². The fourth-order valence-electron chi connectivity index (χ4n) is 2.03. The van der Waals surface area contributed by atoms with Crippen molar-refractivity contribution in [3.63, 3.8) is 0 Å². The highest BCUT2D eigenvalue weighted by molar-refractivity contribution is 9.10. The fourth-order valence-corrected chi connectivity index (χ4v) is 2.37.